The summed E-state index contributed by atoms with van der Waals surface area (Å²) >= 11 is 1.29. The predicted molar refractivity (Wildman–Crippen MR) is 54.5 cm³/mol. The van der Waals surface area contributed by atoms with Gasteiger partial charge in [-0.3, -0.25) is 4.79 Å². The largest absolute Gasteiger partial charge is 0.492 e. The van der Waals surface area contributed by atoms with Crippen molar-refractivity contribution in [3.05, 3.63) is 10.9 Å². The number of amides is 1. The minimum atomic E-state index is -0.189. The maximum absolute atomic E-state index is 10.8. The first-order valence-corrected chi connectivity index (χ1v) is 4.99. The predicted octanol–water partition coefficient (Wildman–Crippen LogP) is 1.98. The number of rotatable bonds is 3. The lowest BCUT2D eigenvalue weighted by molar-refractivity contribution is -0.114. The second-order valence-electron chi connectivity index (χ2n) is 2.53. The van der Waals surface area contributed by atoms with Gasteiger partial charge in [0.05, 0.1) is 6.61 Å². The molecule has 0 saturated carbocycles. The van der Waals surface area contributed by atoms with E-state index in [1.165, 1.54) is 18.3 Å². The maximum Gasteiger partial charge on any atom is 0.221 e. The van der Waals surface area contributed by atoms with E-state index in [2.05, 4.69) is 5.32 Å². The molecular weight excluding hydrogens is 200 g/mol. The molecule has 4 nitrogen and oxygen atoms in total. The van der Waals surface area contributed by atoms with Crippen molar-refractivity contribution in [2.75, 3.05) is 11.9 Å². The summed E-state index contributed by atoms with van der Waals surface area (Å²) in [6.07, 6.45) is 0. The third kappa shape index (κ3) is 2.24. The first-order valence-electron chi connectivity index (χ1n) is 4.11. The quantitative estimate of drug-likeness (QED) is 0.829. The summed E-state index contributed by atoms with van der Waals surface area (Å²) < 4.78 is 5.23. The summed E-state index contributed by atoms with van der Waals surface area (Å²) in [5, 5.41) is 13.7. The Morgan fingerprint density at radius 2 is 2.50 bits per heavy atom. The molecule has 0 unspecified atom stereocenters. The van der Waals surface area contributed by atoms with Gasteiger partial charge in [0.2, 0.25) is 5.91 Å². The lowest BCUT2D eigenvalue weighted by Gasteiger charge is -2.00. The fourth-order valence-electron chi connectivity index (χ4n) is 0.962. The average molecular weight is 210 g/mol. The van der Waals surface area contributed by atoms with Crippen molar-refractivity contribution in [1.29, 1.82) is 5.26 Å². The summed E-state index contributed by atoms with van der Waals surface area (Å²) in [7, 11) is 0. The Bertz CT molecular complexity index is 379. The molecule has 0 spiro atoms. The minimum absolute atomic E-state index is 0.189. The molecular formula is C9H10N2O2S. The van der Waals surface area contributed by atoms with E-state index in [0.29, 0.717) is 22.9 Å². The summed E-state index contributed by atoms with van der Waals surface area (Å²) in [6, 6.07) is 2.01. The van der Waals surface area contributed by atoms with E-state index >= 15 is 0 Å². The molecule has 14 heavy (non-hydrogen) atoms. The van der Waals surface area contributed by atoms with Crippen LogP contribution in [0.2, 0.25) is 0 Å². The fraction of sp³-hybridized carbons (Fsp3) is 0.333. The molecule has 0 fully saturated rings. The van der Waals surface area contributed by atoms with E-state index in [9.17, 15) is 4.79 Å². The number of thiophene rings is 1. The second-order valence-corrected chi connectivity index (χ2v) is 3.41. The number of carbonyl (C=O) groups is 1. The normalized spacial score (nSPS) is 9.21. The monoisotopic (exact) mass is 210 g/mol. The highest BCUT2D eigenvalue weighted by Gasteiger charge is 2.12. The molecule has 1 N–H and O–H groups in total. The standard InChI is InChI=1S/C9H10N2O2S/c1-3-13-8-5-14-9(7(8)4-10)11-6(2)12/h5H,3H2,1-2H3,(H,11,12). The van der Waals surface area contributed by atoms with Gasteiger partial charge in [0, 0.05) is 12.3 Å². The molecule has 0 radical (unpaired) electrons. The van der Waals surface area contributed by atoms with Gasteiger partial charge in [-0.15, -0.1) is 11.3 Å². The van der Waals surface area contributed by atoms with Crippen molar-refractivity contribution in [2.24, 2.45) is 0 Å². The Morgan fingerprint density at radius 1 is 1.79 bits per heavy atom. The highest BCUT2D eigenvalue weighted by Crippen LogP contribution is 2.33. The fourth-order valence-corrected chi connectivity index (χ4v) is 1.84. The summed E-state index contributed by atoms with van der Waals surface area (Å²) in [5.41, 5.74) is 0.395. The molecule has 1 rings (SSSR count). The van der Waals surface area contributed by atoms with E-state index in [0.717, 1.165) is 0 Å². The van der Waals surface area contributed by atoms with Gasteiger partial charge in [0.1, 0.15) is 22.4 Å². The van der Waals surface area contributed by atoms with E-state index in [4.69, 9.17) is 10.00 Å². The molecule has 74 valence electrons. The molecule has 5 heteroatoms. The van der Waals surface area contributed by atoms with Gasteiger partial charge in [-0.25, -0.2) is 0 Å². The third-order valence-corrected chi connectivity index (χ3v) is 2.33. The van der Waals surface area contributed by atoms with E-state index < -0.39 is 0 Å². The third-order valence-electron chi connectivity index (χ3n) is 1.46. The van der Waals surface area contributed by atoms with E-state index in [1.807, 2.05) is 13.0 Å². The number of nitriles is 1. The zero-order chi connectivity index (χ0) is 10.6. The van der Waals surface area contributed by atoms with Crippen LogP contribution in [0.1, 0.15) is 19.4 Å². The van der Waals surface area contributed by atoms with Gasteiger partial charge >= 0.3 is 0 Å². The first-order chi connectivity index (χ1) is 6.69. The number of hydrogen-bond donors (Lipinski definition) is 1. The molecule has 1 aromatic rings. The van der Waals surface area contributed by atoms with Gasteiger partial charge < -0.3 is 10.1 Å². The summed E-state index contributed by atoms with van der Waals surface area (Å²) in [5.74, 6) is 0.343. The van der Waals surface area contributed by atoms with Crippen LogP contribution >= 0.6 is 11.3 Å². The maximum atomic E-state index is 10.8. The molecule has 0 aliphatic carbocycles. The topological polar surface area (TPSA) is 62.1 Å². The first kappa shape index (κ1) is 10.5. The van der Waals surface area contributed by atoms with Gasteiger partial charge in [0.15, 0.2) is 0 Å². The lowest BCUT2D eigenvalue weighted by atomic mass is 10.3. The lowest BCUT2D eigenvalue weighted by Crippen LogP contribution is -2.05. The SMILES string of the molecule is CCOc1csc(NC(C)=O)c1C#N. The van der Waals surface area contributed by atoms with Crippen molar-refractivity contribution in [3.8, 4) is 11.8 Å². The van der Waals surface area contributed by atoms with Crippen molar-refractivity contribution >= 4 is 22.2 Å². The minimum Gasteiger partial charge on any atom is -0.492 e. The smallest absolute Gasteiger partial charge is 0.221 e. The van der Waals surface area contributed by atoms with Crippen LogP contribution in [0.3, 0.4) is 0 Å². The van der Waals surface area contributed by atoms with Crippen LogP contribution in [0.4, 0.5) is 5.00 Å². The highest BCUT2D eigenvalue weighted by atomic mass is 32.1. The molecule has 0 saturated heterocycles. The van der Waals surface area contributed by atoms with Crippen molar-refractivity contribution in [1.82, 2.24) is 0 Å². The summed E-state index contributed by atoms with van der Waals surface area (Å²) in [4.78, 5) is 10.8. The van der Waals surface area contributed by atoms with Crippen molar-refractivity contribution < 1.29 is 9.53 Å². The zero-order valence-electron chi connectivity index (χ0n) is 7.96. The van der Waals surface area contributed by atoms with Crippen LogP contribution in [-0.2, 0) is 4.79 Å². The Labute approximate surface area is 86.1 Å². The molecule has 1 amide bonds. The molecule has 1 heterocycles. The van der Waals surface area contributed by atoms with E-state index in [1.54, 1.807) is 5.38 Å². The molecule has 0 bridgehead atoms. The Balaban J connectivity index is 2.96. The Hall–Kier alpha value is -1.54. The number of nitrogens with one attached hydrogen (secondary N) is 1. The van der Waals surface area contributed by atoms with Gasteiger partial charge in [0.25, 0.3) is 0 Å². The molecule has 0 aliphatic rings. The van der Waals surface area contributed by atoms with Crippen LogP contribution in [0.25, 0.3) is 0 Å². The zero-order valence-corrected chi connectivity index (χ0v) is 8.77. The van der Waals surface area contributed by atoms with Gasteiger partial charge in [-0.1, -0.05) is 0 Å². The number of anilines is 1. The highest BCUT2D eigenvalue weighted by molar-refractivity contribution is 7.15. The average Bonchev–Trinajstić information content (AvgIpc) is 2.47. The Kier molecular flexibility index (Phi) is 3.48. The number of nitrogens with zero attached hydrogens (tertiary/aromatic N) is 1. The van der Waals surface area contributed by atoms with Crippen LogP contribution < -0.4 is 10.1 Å². The second kappa shape index (κ2) is 4.63. The number of ether oxygens (including phenoxy) is 1. The van der Waals surface area contributed by atoms with Crippen molar-refractivity contribution in [3.63, 3.8) is 0 Å². The van der Waals surface area contributed by atoms with Crippen LogP contribution in [0, 0.1) is 11.3 Å². The van der Waals surface area contributed by atoms with Crippen LogP contribution in [0.5, 0.6) is 5.75 Å². The van der Waals surface area contributed by atoms with Crippen molar-refractivity contribution in [2.45, 2.75) is 13.8 Å². The number of carbonyl (C=O) groups excluding carboxylic acids is 1. The van der Waals surface area contributed by atoms with Gasteiger partial charge in [-0.05, 0) is 6.92 Å². The Morgan fingerprint density at radius 3 is 3.00 bits per heavy atom. The van der Waals surface area contributed by atoms with Crippen LogP contribution in [-0.4, -0.2) is 12.5 Å². The molecule has 0 aromatic carbocycles. The molecule has 0 aliphatic heterocycles. The molecule has 1 aromatic heterocycles. The van der Waals surface area contributed by atoms with E-state index in [-0.39, 0.29) is 5.91 Å². The summed E-state index contributed by atoms with van der Waals surface area (Å²) in [6.45, 7) is 3.75. The molecule has 0 atom stereocenters. The van der Waals surface area contributed by atoms with Crippen LogP contribution in [0.15, 0.2) is 5.38 Å². The van der Waals surface area contributed by atoms with Gasteiger partial charge in [-0.2, -0.15) is 5.26 Å². The number of hydrogen-bond acceptors (Lipinski definition) is 4.